The van der Waals surface area contributed by atoms with Gasteiger partial charge in [0.15, 0.2) is 0 Å². The van der Waals surface area contributed by atoms with Crippen molar-refractivity contribution in [2.45, 2.75) is 17.8 Å². The van der Waals surface area contributed by atoms with E-state index < -0.39 is 0 Å². The molecule has 0 heterocycles. The maximum Gasteiger partial charge on any atom is 0.0176 e. The highest BCUT2D eigenvalue weighted by atomic mass is 14.5. The lowest BCUT2D eigenvalue weighted by molar-refractivity contribution is 0.612. The molecule has 0 fully saturated rings. The highest BCUT2D eigenvalue weighted by Gasteiger charge is 2.45. The lowest BCUT2D eigenvalue weighted by atomic mass is 9.73. The predicted octanol–water partition coefficient (Wildman–Crippen LogP) is 8.96. The number of hydrogen-bond acceptors (Lipinski definition) is 0. The van der Waals surface area contributed by atoms with Gasteiger partial charge in [0.1, 0.15) is 0 Å². The van der Waals surface area contributed by atoms with Crippen LogP contribution in [0.15, 0.2) is 152 Å². The summed E-state index contributed by atoms with van der Waals surface area (Å²) in [6, 6.07) is 55.3. The number of allylic oxidation sites excluding steroid dienone is 2. The van der Waals surface area contributed by atoms with E-state index in [1.54, 1.807) is 0 Å². The van der Waals surface area contributed by atoms with Crippen LogP contribution in [-0.4, -0.2) is 0 Å². The smallest absolute Gasteiger partial charge is 0.0176 e. The molecule has 0 bridgehead atoms. The minimum atomic E-state index is 0.237. The largest absolute Gasteiger partial charge is 0.0622 e. The van der Waals surface area contributed by atoms with Crippen molar-refractivity contribution in [2.24, 2.45) is 0 Å². The monoisotopic (exact) mass is 448 g/mol. The summed E-state index contributed by atoms with van der Waals surface area (Å²) in [5.41, 5.74) is 9.60. The second-order valence-corrected chi connectivity index (χ2v) is 9.27. The Balaban J connectivity index is 1.72. The predicted molar refractivity (Wildman–Crippen MR) is 147 cm³/mol. The molecule has 168 valence electrons. The Bertz CT molecular complexity index is 1310. The van der Waals surface area contributed by atoms with E-state index in [0.29, 0.717) is 0 Å². The minimum Gasteiger partial charge on any atom is -0.0622 e. The maximum atomic E-state index is 2.31. The average molecular weight is 449 g/mol. The van der Waals surface area contributed by atoms with Crippen molar-refractivity contribution in [2.75, 3.05) is 0 Å². The van der Waals surface area contributed by atoms with Crippen LogP contribution in [0.5, 0.6) is 0 Å². The van der Waals surface area contributed by atoms with Gasteiger partial charge < -0.3 is 0 Å². The minimum absolute atomic E-state index is 0.237. The van der Waals surface area contributed by atoms with Gasteiger partial charge in [-0.25, -0.2) is 0 Å². The molecule has 0 aliphatic heterocycles. The van der Waals surface area contributed by atoms with Crippen LogP contribution in [0.25, 0.3) is 11.1 Å². The summed E-state index contributed by atoms with van der Waals surface area (Å²) in [5, 5.41) is 0. The van der Waals surface area contributed by atoms with Crippen molar-refractivity contribution >= 4 is 11.1 Å². The van der Waals surface area contributed by atoms with Crippen molar-refractivity contribution in [3.8, 4) is 0 Å². The molecule has 1 aliphatic carbocycles. The normalized spacial score (nSPS) is 19.6. The zero-order valence-corrected chi connectivity index (χ0v) is 19.7. The molecule has 0 spiro atoms. The number of benzene rings is 5. The molecule has 35 heavy (non-hydrogen) atoms. The molecule has 0 saturated heterocycles. The lowest BCUT2D eigenvalue weighted by Gasteiger charge is -2.29. The van der Waals surface area contributed by atoms with Crippen molar-refractivity contribution in [3.63, 3.8) is 0 Å². The molecular weight excluding hydrogens is 420 g/mol. The van der Waals surface area contributed by atoms with Crippen molar-refractivity contribution in [3.05, 3.63) is 179 Å². The van der Waals surface area contributed by atoms with Gasteiger partial charge >= 0.3 is 0 Å². The van der Waals surface area contributed by atoms with E-state index in [1.807, 2.05) is 0 Å². The molecule has 1 unspecified atom stereocenters. The van der Waals surface area contributed by atoms with E-state index in [0.717, 1.165) is 0 Å². The molecule has 0 saturated carbocycles. The van der Waals surface area contributed by atoms with Crippen LogP contribution >= 0.6 is 0 Å². The van der Waals surface area contributed by atoms with Gasteiger partial charge in [0.05, 0.1) is 0 Å². The second-order valence-electron chi connectivity index (χ2n) is 9.27. The van der Waals surface area contributed by atoms with Crippen molar-refractivity contribution in [1.29, 1.82) is 0 Å². The fourth-order valence-electron chi connectivity index (χ4n) is 5.92. The second kappa shape index (κ2) is 9.60. The molecule has 0 N–H and O–H groups in total. The maximum absolute atomic E-state index is 2.31. The van der Waals surface area contributed by atoms with Gasteiger partial charge in [-0.15, -0.1) is 0 Å². The molecule has 6 rings (SSSR count). The Kier molecular flexibility index (Phi) is 5.87. The van der Waals surface area contributed by atoms with Crippen molar-refractivity contribution < 1.29 is 0 Å². The van der Waals surface area contributed by atoms with E-state index in [4.69, 9.17) is 0 Å². The van der Waals surface area contributed by atoms with Gasteiger partial charge in [-0.05, 0) is 39.0 Å². The molecule has 5 aromatic rings. The highest BCUT2D eigenvalue weighted by Crippen LogP contribution is 2.62. The molecule has 0 aromatic heterocycles. The van der Waals surface area contributed by atoms with Gasteiger partial charge in [-0.1, -0.05) is 152 Å². The molecular formula is C35H28. The summed E-state index contributed by atoms with van der Waals surface area (Å²) < 4.78 is 0. The number of rotatable bonds is 5. The molecule has 5 aromatic carbocycles. The van der Waals surface area contributed by atoms with Crippen LogP contribution in [0.4, 0.5) is 0 Å². The van der Waals surface area contributed by atoms with E-state index in [9.17, 15) is 0 Å². The first-order valence-electron chi connectivity index (χ1n) is 12.4. The summed E-state index contributed by atoms with van der Waals surface area (Å²) in [6.45, 7) is 0. The van der Waals surface area contributed by atoms with E-state index in [-0.39, 0.29) is 17.8 Å². The van der Waals surface area contributed by atoms with Gasteiger partial charge in [-0.3, -0.25) is 0 Å². The van der Waals surface area contributed by atoms with Crippen LogP contribution in [0.3, 0.4) is 0 Å². The Hall–Kier alpha value is -4.16. The van der Waals surface area contributed by atoms with Gasteiger partial charge in [0.25, 0.3) is 0 Å². The molecule has 0 amide bonds. The zero-order chi connectivity index (χ0) is 23.5. The van der Waals surface area contributed by atoms with Crippen LogP contribution in [0.1, 0.15) is 45.6 Å². The highest BCUT2D eigenvalue weighted by molar-refractivity contribution is 6.00. The van der Waals surface area contributed by atoms with Crippen LogP contribution in [0, 0.1) is 0 Å². The topological polar surface area (TPSA) is 0 Å². The van der Waals surface area contributed by atoms with Gasteiger partial charge in [-0.2, -0.15) is 0 Å². The van der Waals surface area contributed by atoms with Crippen molar-refractivity contribution in [1.82, 2.24) is 0 Å². The summed E-state index contributed by atoms with van der Waals surface area (Å²) >= 11 is 0. The van der Waals surface area contributed by atoms with E-state index >= 15 is 0 Å². The quantitative estimate of drug-likeness (QED) is 0.252. The van der Waals surface area contributed by atoms with Crippen LogP contribution in [0.2, 0.25) is 0 Å². The van der Waals surface area contributed by atoms with E-state index in [1.165, 1.54) is 39.0 Å². The fraction of sp³-hybridized carbons (Fsp3) is 0.0857. The molecule has 0 radical (unpaired) electrons. The zero-order valence-electron chi connectivity index (χ0n) is 19.7. The Morgan fingerprint density at radius 3 is 0.914 bits per heavy atom. The van der Waals surface area contributed by atoms with Crippen LogP contribution < -0.4 is 0 Å². The average Bonchev–Trinajstić information content (AvgIpc) is 3.32. The Morgan fingerprint density at radius 1 is 0.286 bits per heavy atom. The SMILES string of the molecule is c1ccc(C2=C(c3ccccc3)[C@@H](c3ccccc3)C(c3ccccc3)[C@H]2c2ccccc2)cc1. The fourth-order valence-corrected chi connectivity index (χ4v) is 5.92. The van der Waals surface area contributed by atoms with Gasteiger partial charge in [0, 0.05) is 17.8 Å². The molecule has 0 heteroatoms. The third kappa shape index (κ3) is 4.02. The standard InChI is InChI=1S/C35H28/c1-6-16-26(17-7-1)31-32(27-18-8-2-9-19-27)34(29-22-12-4-13-23-29)35(30-24-14-5-15-25-30)33(31)28-20-10-3-11-21-28/h1-25,31-33H/t31?,32-,33+. The lowest BCUT2D eigenvalue weighted by Crippen LogP contribution is -2.14. The summed E-state index contributed by atoms with van der Waals surface area (Å²) in [7, 11) is 0. The van der Waals surface area contributed by atoms with E-state index in [2.05, 4.69) is 152 Å². The molecule has 3 atom stereocenters. The third-order valence-corrected chi connectivity index (χ3v) is 7.30. The first-order valence-corrected chi connectivity index (χ1v) is 12.4. The first-order chi connectivity index (χ1) is 17.4. The van der Waals surface area contributed by atoms with Crippen LogP contribution in [-0.2, 0) is 0 Å². The first kappa shape index (κ1) is 21.4. The summed E-state index contributed by atoms with van der Waals surface area (Å²) in [5.74, 6) is 0.759. The van der Waals surface area contributed by atoms with Gasteiger partial charge in [0.2, 0.25) is 0 Å². The Labute approximate surface area is 208 Å². The number of hydrogen-bond donors (Lipinski definition) is 0. The molecule has 1 aliphatic rings. The third-order valence-electron chi connectivity index (χ3n) is 7.30. The molecule has 0 nitrogen and oxygen atoms in total. The summed E-state index contributed by atoms with van der Waals surface area (Å²) in [6.07, 6.45) is 0. The Morgan fingerprint density at radius 2 is 0.571 bits per heavy atom. The summed E-state index contributed by atoms with van der Waals surface area (Å²) in [4.78, 5) is 0.